The van der Waals surface area contributed by atoms with E-state index in [9.17, 15) is 9.90 Å². The van der Waals surface area contributed by atoms with Crippen LogP contribution in [0.2, 0.25) is 0 Å². The van der Waals surface area contributed by atoms with Crippen LogP contribution in [0.25, 0.3) is 6.08 Å². The summed E-state index contributed by atoms with van der Waals surface area (Å²) in [7, 11) is 0. The summed E-state index contributed by atoms with van der Waals surface area (Å²) in [6.07, 6.45) is 7.01. The van der Waals surface area contributed by atoms with Crippen molar-refractivity contribution < 1.29 is 9.90 Å². The van der Waals surface area contributed by atoms with E-state index in [-0.39, 0.29) is 23.3 Å². The van der Waals surface area contributed by atoms with Crippen LogP contribution in [0.15, 0.2) is 29.8 Å². The van der Waals surface area contributed by atoms with Gasteiger partial charge in [0.15, 0.2) is 0 Å². The molecule has 20 heavy (non-hydrogen) atoms. The number of hydrogen-bond donors (Lipinski definition) is 2. The molecule has 2 N–H and O–H groups in total. The van der Waals surface area contributed by atoms with Gasteiger partial charge in [0.1, 0.15) is 17.4 Å². The van der Waals surface area contributed by atoms with Gasteiger partial charge in [-0.05, 0) is 36.6 Å². The van der Waals surface area contributed by atoms with Crippen LogP contribution in [0.3, 0.4) is 0 Å². The maximum absolute atomic E-state index is 12.1. The normalized spacial score (nSPS) is 16.4. The summed E-state index contributed by atoms with van der Waals surface area (Å²) in [4.78, 5) is 12.1. The van der Waals surface area contributed by atoms with Crippen molar-refractivity contribution in [2.45, 2.75) is 38.1 Å². The van der Waals surface area contributed by atoms with Gasteiger partial charge in [-0.15, -0.1) is 0 Å². The Kier molecular flexibility index (Phi) is 4.78. The van der Waals surface area contributed by atoms with Crippen molar-refractivity contribution in [3.63, 3.8) is 0 Å². The predicted molar refractivity (Wildman–Crippen MR) is 76.7 cm³/mol. The number of carbonyl (C=O) groups excluding carboxylic acids is 1. The van der Waals surface area contributed by atoms with E-state index in [0.717, 1.165) is 31.2 Å². The number of nitrogens with one attached hydrogen (secondary N) is 1. The zero-order valence-electron chi connectivity index (χ0n) is 11.3. The number of amides is 1. The van der Waals surface area contributed by atoms with Gasteiger partial charge in [0.2, 0.25) is 0 Å². The van der Waals surface area contributed by atoms with Crippen molar-refractivity contribution in [1.29, 1.82) is 5.26 Å². The van der Waals surface area contributed by atoms with Crippen LogP contribution >= 0.6 is 0 Å². The second-order valence-corrected chi connectivity index (χ2v) is 5.07. The van der Waals surface area contributed by atoms with Gasteiger partial charge in [-0.1, -0.05) is 31.4 Å². The fourth-order valence-electron chi connectivity index (χ4n) is 2.40. The number of hydrogen-bond acceptors (Lipinski definition) is 3. The first-order valence-electron chi connectivity index (χ1n) is 6.91. The van der Waals surface area contributed by atoms with Gasteiger partial charge in [-0.2, -0.15) is 5.26 Å². The van der Waals surface area contributed by atoms with E-state index >= 15 is 0 Å². The Bertz CT molecular complexity index is 535. The molecule has 0 atom stereocenters. The summed E-state index contributed by atoms with van der Waals surface area (Å²) in [5.74, 6) is -0.153. The molecule has 1 aliphatic rings. The third-order valence-electron chi connectivity index (χ3n) is 3.51. The van der Waals surface area contributed by atoms with Gasteiger partial charge in [-0.3, -0.25) is 4.79 Å². The van der Waals surface area contributed by atoms with Crippen molar-refractivity contribution in [2.24, 2.45) is 0 Å². The lowest BCUT2D eigenvalue weighted by Crippen LogP contribution is -2.36. The minimum Gasteiger partial charge on any atom is -0.508 e. The van der Waals surface area contributed by atoms with Crippen LogP contribution in [0.5, 0.6) is 5.75 Å². The monoisotopic (exact) mass is 270 g/mol. The summed E-state index contributed by atoms with van der Waals surface area (Å²) < 4.78 is 0. The molecule has 1 aliphatic carbocycles. The highest BCUT2D eigenvalue weighted by molar-refractivity contribution is 6.01. The van der Waals surface area contributed by atoms with Gasteiger partial charge < -0.3 is 10.4 Å². The molecule has 1 aromatic rings. The minimum absolute atomic E-state index is 0.0984. The number of carbonyl (C=O) groups is 1. The van der Waals surface area contributed by atoms with Gasteiger partial charge in [0.25, 0.3) is 5.91 Å². The first-order valence-corrected chi connectivity index (χ1v) is 6.91. The summed E-state index contributed by atoms with van der Waals surface area (Å²) in [6.45, 7) is 0. The van der Waals surface area contributed by atoms with E-state index in [1.807, 2.05) is 6.07 Å². The molecule has 0 bridgehead atoms. The van der Waals surface area contributed by atoms with Crippen LogP contribution in [-0.2, 0) is 4.79 Å². The van der Waals surface area contributed by atoms with E-state index in [1.54, 1.807) is 12.1 Å². The SMILES string of the molecule is N#C/C(=C\c1ccc(O)cc1)C(=O)NC1CCCCC1. The number of rotatable bonds is 3. The van der Waals surface area contributed by atoms with Crippen molar-refractivity contribution in [3.05, 3.63) is 35.4 Å². The Labute approximate surface area is 118 Å². The molecule has 2 rings (SSSR count). The lowest BCUT2D eigenvalue weighted by Gasteiger charge is -2.22. The molecule has 4 nitrogen and oxygen atoms in total. The third kappa shape index (κ3) is 3.86. The van der Waals surface area contributed by atoms with Gasteiger partial charge in [-0.25, -0.2) is 0 Å². The highest BCUT2D eigenvalue weighted by atomic mass is 16.3. The Balaban J connectivity index is 2.05. The van der Waals surface area contributed by atoms with E-state index < -0.39 is 0 Å². The summed E-state index contributed by atoms with van der Waals surface area (Å²) in [6, 6.07) is 8.52. The smallest absolute Gasteiger partial charge is 0.262 e. The third-order valence-corrected chi connectivity index (χ3v) is 3.51. The Morgan fingerprint density at radius 2 is 1.90 bits per heavy atom. The predicted octanol–water partition coefficient (Wildman–Crippen LogP) is 2.75. The maximum atomic E-state index is 12.1. The molecular formula is C16H18N2O2. The van der Waals surface area contributed by atoms with Crippen LogP contribution in [0, 0.1) is 11.3 Å². The number of phenols is 1. The summed E-state index contributed by atoms with van der Waals surface area (Å²) >= 11 is 0. The number of aromatic hydroxyl groups is 1. The van der Waals surface area contributed by atoms with Gasteiger partial charge in [0.05, 0.1) is 0 Å². The average Bonchev–Trinajstić information content (AvgIpc) is 2.47. The molecule has 1 amide bonds. The molecule has 0 heterocycles. The molecule has 1 saturated carbocycles. The second kappa shape index (κ2) is 6.76. The molecule has 0 spiro atoms. The molecule has 0 aromatic heterocycles. The first-order chi connectivity index (χ1) is 9.69. The number of phenolic OH excluding ortho intramolecular Hbond substituents is 1. The number of nitriles is 1. The largest absolute Gasteiger partial charge is 0.508 e. The van der Waals surface area contributed by atoms with Crippen LogP contribution in [0.4, 0.5) is 0 Å². The topological polar surface area (TPSA) is 73.1 Å². The molecule has 1 aromatic carbocycles. The quantitative estimate of drug-likeness (QED) is 0.655. The zero-order chi connectivity index (χ0) is 14.4. The van der Waals surface area contributed by atoms with Gasteiger partial charge >= 0.3 is 0 Å². The summed E-state index contributed by atoms with van der Waals surface area (Å²) in [5, 5.41) is 21.2. The second-order valence-electron chi connectivity index (χ2n) is 5.07. The zero-order valence-corrected chi connectivity index (χ0v) is 11.3. The Hall–Kier alpha value is -2.28. The molecule has 0 saturated heterocycles. The number of nitrogens with zero attached hydrogens (tertiary/aromatic N) is 1. The standard InChI is InChI=1S/C16H18N2O2/c17-11-13(10-12-6-8-15(19)9-7-12)16(20)18-14-4-2-1-3-5-14/h6-10,14,19H,1-5H2,(H,18,20)/b13-10+. The number of benzene rings is 1. The molecule has 0 unspecified atom stereocenters. The fraction of sp³-hybridized carbons (Fsp3) is 0.375. The maximum Gasteiger partial charge on any atom is 0.262 e. The Morgan fingerprint density at radius 3 is 2.50 bits per heavy atom. The molecule has 104 valence electrons. The van der Waals surface area contributed by atoms with Crippen LogP contribution in [-0.4, -0.2) is 17.1 Å². The lowest BCUT2D eigenvalue weighted by atomic mass is 9.95. The van der Waals surface area contributed by atoms with E-state index in [4.69, 9.17) is 5.26 Å². The molecule has 0 aliphatic heterocycles. The molecule has 4 heteroatoms. The van der Waals surface area contributed by atoms with E-state index in [1.165, 1.54) is 24.6 Å². The summed E-state index contributed by atoms with van der Waals surface area (Å²) in [5.41, 5.74) is 0.819. The van der Waals surface area contributed by atoms with Crippen molar-refractivity contribution in [3.8, 4) is 11.8 Å². The fourth-order valence-corrected chi connectivity index (χ4v) is 2.40. The van der Waals surface area contributed by atoms with Crippen molar-refractivity contribution in [2.75, 3.05) is 0 Å². The minimum atomic E-state index is -0.313. The molecule has 0 radical (unpaired) electrons. The van der Waals surface area contributed by atoms with Crippen molar-refractivity contribution >= 4 is 12.0 Å². The molecular weight excluding hydrogens is 252 g/mol. The van der Waals surface area contributed by atoms with E-state index in [2.05, 4.69) is 5.32 Å². The van der Waals surface area contributed by atoms with E-state index in [0.29, 0.717) is 0 Å². The Morgan fingerprint density at radius 1 is 1.25 bits per heavy atom. The highest BCUT2D eigenvalue weighted by Crippen LogP contribution is 2.18. The highest BCUT2D eigenvalue weighted by Gasteiger charge is 2.17. The first kappa shape index (κ1) is 14.1. The van der Waals surface area contributed by atoms with Crippen LogP contribution in [0.1, 0.15) is 37.7 Å². The van der Waals surface area contributed by atoms with Crippen molar-refractivity contribution in [1.82, 2.24) is 5.32 Å². The van der Waals surface area contributed by atoms with Crippen LogP contribution < -0.4 is 5.32 Å². The lowest BCUT2D eigenvalue weighted by molar-refractivity contribution is -0.117. The molecule has 1 fully saturated rings. The average molecular weight is 270 g/mol. The van der Waals surface area contributed by atoms with Gasteiger partial charge in [0, 0.05) is 6.04 Å².